The Morgan fingerprint density at radius 2 is 2.32 bits per heavy atom. The molecule has 2 unspecified atom stereocenters. The van der Waals surface area contributed by atoms with Gasteiger partial charge in [0.15, 0.2) is 0 Å². The first-order valence-electron chi connectivity index (χ1n) is 6.19. The number of anilines is 1. The molecule has 1 aromatic rings. The Morgan fingerprint density at radius 1 is 1.53 bits per heavy atom. The van der Waals surface area contributed by atoms with Gasteiger partial charge in [-0.25, -0.2) is 4.39 Å². The highest BCUT2D eigenvalue weighted by Crippen LogP contribution is 2.24. The van der Waals surface area contributed by atoms with Crippen LogP contribution in [0.1, 0.15) is 6.92 Å². The molecule has 0 bridgehead atoms. The van der Waals surface area contributed by atoms with Gasteiger partial charge in [0.25, 0.3) is 0 Å². The third-order valence-electron chi connectivity index (χ3n) is 3.07. The fourth-order valence-electron chi connectivity index (χ4n) is 2.09. The predicted octanol–water partition coefficient (Wildman–Crippen LogP) is 2.15. The minimum absolute atomic E-state index is 0.0317. The van der Waals surface area contributed by atoms with Gasteiger partial charge in [-0.1, -0.05) is 6.92 Å². The fourth-order valence-corrected chi connectivity index (χ4v) is 2.54. The van der Waals surface area contributed by atoms with Crippen molar-refractivity contribution < 1.29 is 13.9 Å². The maximum Gasteiger partial charge on any atom is 0.231 e. The summed E-state index contributed by atoms with van der Waals surface area (Å²) < 4.78 is 18.8. The number of rotatable bonds is 4. The Kier molecular flexibility index (Phi) is 4.90. The van der Waals surface area contributed by atoms with Crippen molar-refractivity contribution in [3.8, 4) is 0 Å². The van der Waals surface area contributed by atoms with Crippen LogP contribution in [0, 0.1) is 11.7 Å². The smallest absolute Gasteiger partial charge is 0.231 e. The molecule has 0 saturated carbocycles. The number of carbonyl (C=O) groups is 1. The van der Waals surface area contributed by atoms with E-state index in [1.165, 1.54) is 18.2 Å². The lowest BCUT2D eigenvalue weighted by Gasteiger charge is -2.18. The number of nitrogens with one attached hydrogen (secondary N) is 2. The van der Waals surface area contributed by atoms with Crippen molar-refractivity contribution in [3.63, 3.8) is 0 Å². The molecule has 6 heteroatoms. The third-order valence-corrected chi connectivity index (χ3v) is 3.73. The summed E-state index contributed by atoms with van der Waals surface area (Å²) in [6.07, 6.45) is 0. The summed E-state index contributed by atoms with van der Waals surface area (Å²) in [5.41, 5.74) is 0.563. The van der Waals surface area contributed by atoms with Gasteiger partial charge in [0.1, 0.15) is 5.82 Å². The summed E-state index contributed by atoms with van der Waals surface area (Å²) in [6.45, 7) is 3.72. The molecule has 0 spiro atoms. The summed E-state index contributed by atoms with van der Waals surface area (Å²) in [4.78, 5) is 12.2. The Bertz CT molecular complexity index is 470. The zero-order valence-corrected chi connectivity index (χ0v) is 12.2. The van der Waals surface area contributed by atoms with E-state index in [4.69, 9.17) is 4.74 Å². The fraction of sp³-hybridized carbons (Fsp3) is 0.462. The number of carbonyl (C=O) groups excluding carboxylic acids is 1. The van der Waals surface area contributed by atoms with Crippen LogP contribution in [0.15, 0.2) is 22.7 Å². The zero-order valence-electron chi connectivity index (χ0n) is 10.6. The Labute approximate surface area is 119 Å². The molecule has 1 heterocycles. The van der Waals surface area contributed by atoms with Crippen molar-refractivity contribution in [3.05, 3.63) is 28.5 Å². The van der Waals surface area contributed by atoms with Gasteiger partial charge in [-0.2, -0.15) is 0 Å². The lowest BCUT2D eigenvalue weighted by Crippen LogP contribution is -2.41. The van der Waals surface area contributed by atoms with Gasteiger partial charge < -0.3 is 15.4 Å². The number of hydrogen-bond donors (Lipinski definition) is 2. The van der Waals surface area contributed by atoms with Crippen LogP contribution < -0.4 is 10.6 Å². The van der Waals surface area contributed by atoms with E-state index in [0.29, 0.717) is 23.4 Å². The maximum absolute atomic E-state index is 13.0. The largest absolute Gasteiger partial charge is 0.379 e. The van der Waals surface area contributed by atoms with E-state index in [0.717, 1.165) is 6.54 Å². The van der Waals surface area contributed by atoms with Crippen molar-refractivity contribution in [2.45, 2.75) is 13.0 Å². The van der Waals surface area contributed by atoms with Gasteiger partial charge in [0.2, 0.25) is 5.91 Å². The normalized spacial score (nSPS) is 22.5. The predicted molar refractivity (Wildman–Crippen MR) is 74.5 cm³/mol. The van der Waals surface area contributed by atoms with E-state index >= 15 is 0 Å². The van der Waals surface area contributed by atoms with E-state index < -0.39 is 0 Å². The second-order valence-electron chi connectivity index (χ2n) is 4.42. The first kappa shape index (κ1) is 14.4. The van der Waals surface area contributed by atoms with Crippen molar-refractivity contribution in [1.82, 2.24) is 5.32 Å². The molecular weight excluding hydrogens is 315 g/mol. The lowest BCUT2D eigenvalue weighted by atomic mass is 10.0. The summed E-state index contributed by atoms with van der Waals surface area (Å²) in [5, 5.41) is 6.02. The first-order valence-corrected chi connectivity index (χ1v) is 6.98. The van der Waals surface area contributed by atoms with Gasteiger partial charge in [-0.05, 0) is 40.7 Å². The van der Waals surface area contributed by atoms with Gasteiger partial charge in [0.05, 0.1) is 24.8 Å². The second-order valence-corrected chi connectivity index (χ2v) is 5.28. The Balaban J connectivity index is 2.04. The molecule has 1 amide bonds. The first-order chi connectivity index (χ1) is 9.11. The van der Waals surface area contributed by atoms with Crippen LogP contribution in [0.2, 0.25) is 0 Å². The molecule has 1 aromatic carbocycles. The van der Waals surface area contributed by atoms with Crippen molar-refractivity contribution >= 4 is 27.5 Å². The highest BCUT2D eigenvalue weighted by molar-refractivity contribution is 9.10. The van der Waals surface area contributed by atoms with Gasteiger partial charge >= 0.3 is 0 Å². The quantitative estimate of drug-likeness (QED) is 0.889. The monoisotopic (exact) mass is 330 g/mol. The number of benzene rings is 1. The van der Waals surface area contributed by atoms with Crippen molar-refractivity contribution in [2.24, 2.45) is 5.92 Å². The van der Waals surface area contributed by atoms with E-state index in [1.54, 1.807) is 0 Å². The molecule has 2 rings (SSSR count). The molecule has 19 heavy (non-hydrogen) atoms. The van der Waals surface area contributed by atoms with E-state index in [2.05, 4.69) is 26.6 Å². The standard InChI is InChI=1S/C13H16BrFN2O2/c1-2-16-12-7-19-6-9(12)13(18)17-11-4-3-8(15)5-10(11)14/h3-5,9,12,16H,2,6-7H2,1H3,(H,17,18). The Hall–Kier alpha value is -0.980. The van der Waals surface area contributed by atoms with Crippen LogP contribution in [-0.2, 0) is 9.53 Å². The molecule has 1 aliphatic heterocycles. The summed E-state index contributed by atoms with van der Waals surface area (Å²) in [5.74, 6) is -0.688. The average Bonchev–Trinajstić information content (AvgIpc) is 2.81. The molecule has 1 saturated heterocycles. The van der Waals surface area contributed by atoms with Gasteiger partial charge in [0, 0.05) is 10.5 Å². The summed E-state index contributed by atoms with van der Waals surface area (Å²) in [6, 6.07) is 4.20. The molecule has 4 nitrogen and oxygen atoms in total. The second kappa shape index (κ2) is 6.45. The molecule has 1 fully saturated rings. The highest BCUT2D eigenvalue weighted by Gasteiger charge is 2.33. The van der Waals surface area contributed by atoms with E-state index in [9.17, 15) is 9.18 Å². The number of likely N-dealkylation sites (N-methyl/N-ethyl adjacent to an activating group) is 1. The van der Waals surface area contributed by atoms with Crippen LogP contribution in [0.25, 0.3) is 0 Å². The van der Waals surface area contributed by atoms with Crippen LogP contribution in [0.4, 0.5) is 10.1 Å². The molecule has 104 valence electrons. The number of ether oxygens (including phenoxy) is 1. The number of hydrogen-bond acceptors (Lipinski definition) is 3. The molecular formula is C13H16BrFN2O2. The number of amides is 1. The molecule has 0 radical (unpaired) electrons. The SMILES string of the molecule is CCNC1COCC1C(=O)Nc1ccc(F)cc1Br. The van der Waals surface area contributed by atoms with E-state index in [1.807, 2.05) is 6.92 Å². The molecule has 2 N–H and O–H groups in total. The zero-order chi connectivity index (χ0) is 13.8. The Morgan fingerprint density at radius 3 is 3.00 bits per heavy atom. The molecule has 2 atom stereocenters. The third kappa shape index (κ3) is 3.52. The molecule has 0 aliphatic carbocycles. The van der Waals surface area contributed by atoms with Crippen LogP contribution in [0.5, 0.6) is 0 Å². The van der Waals surface area contributed by atoms with Crippen molar-refractivity contribution in [1.29, 1.82) is 0 Å². The van der Waals surface area contributed by atoms with Gasteiger partial charge in [-0.3, -0.25) is 4.79 Å². The molecule has 1 aliphatic rings. The maximum atomic E-state index is 13.0. The topological polar surface area (TPSA) is 50.4 Å². The minimum Gasteiger partial charge on any atom is -0.379 e. The number of halogens is 2. The minimum atomic E-state index is -0.348. The highest BCUT2D eigenvalue weighted by atomic mass is 79.9. The summed E-state index contributed by atoms with van der Waals surface area (Å²) >= 11 is 3.23. The van der Waals surface area contributed by atoms with E-state index in [-0.39, 0.29) is 23.7 Å². The summed E-state index contributed by atoms with van der Waals surface area (Å²) in [7, 11) is 0. The van der Waals surface area contributed by atoms with Crippen molar-refractivity contribution in [2.75, 3.05) is 25.1 Å². The van der Waals surface area contributed by atoms with Crippen LogP contribution in [0.3, 0.4) is 0 Å². The van der Waals surface area contributed by atoms with Crippen LogP contribution in [-0.4, -0.2) is 31.7 Å². The average molecular weight is 331 g/mol. The molecule has 0 aromatic heterocycles. The van der Waals surface area contributed by atoms with Crippen LogP contribution >= 0.6 is 15.9 Å². The van der Waals surface area contributed by atoms with Gasteiger partial charge in [-0.15, -0.1) is 0 Å². The lowest BCUT2D eigenvalue weighted by molar-refractivity contribution is -0.120.